The normalized spacial score (nSPS) is 15.5. The van der Waals surface area contributed by atoms with Gasteiger partial charge in [0.2, 0.25) is 0 Å². The Morgan fingerprint density at radius 1 is 0.410 bits per heavy atom. The van der Waals surface area contributed by atoms with Crippen LogP contribution in [-0.2, 0) is 0 Å². The summed E-state index contributed by atoms with van der Waals surface area (Å²) in [5, 5.41) is 2.67. The largest absolute Gasteiger partial charge is 0.456 e. The van der Waals surface area contributed by atoms with E-state index in [2.05, 4.69) is 0 Å². The highest BCUT2D eigenvalue weighted by Gasteiger charge is 2.21. The predicted molar refractivity (Wildman–Crippen MR) is 165 cm³/mol. The average Bonchev–Trinajstić information content (AvgIpc) is 3.52. The van der Waals surface area contributed by atoms with Gasteiger partial charge in [-0.3, -0.25) is 0 Å². The highest BCUT2D eigenvalue weighted by molar-refractivity contribution is 6.26. The molecule has 0 radical (unpaired) electrons. The highest BCUT2D eigenvalue weighted by atomic mass is 16.3. The summed E-state index contributed by atoms with van der Waals surface area (Å²) in [6.07, 6.45) is 0. The molecule has 0 saturated heterocycles. The molecule has 182 valence electrons. The van der Waals surface area contributed by atoms with E-state index in [1.165, 1.54) is 0 Å². The molecule has 39 heavy (non-hydrogen) atoms. The summed E-state index contributed by atoms with van der Waals surface area (Å²) in [5.74, 6) is 0. The molecule has 1 nitrogen and oxygen atoms in total. The molecule has 1 heteroatoms. The summed E-state index contributed by atoms with van der Waals surface area (Å²) in [7, 11) is 0. The zero-order valence-corrected chi connectivity index (χ0v) is 20.4. The predicted octanol–water partition coefficient (Wildman–Crippen LogP) is 10.9. The molecule has 0 aliphatic heterocycles. The quantitative estimate of drug-likeness (QED) is 0.217. The summed E-state index contributed by atoms with van der Waals surface area (Å²) < 4.78 is 103. The van der Waals surface area contributed by atoms with Gasteiger partial charge in [-0.25, -0.2) is 0 Å². The van der Waals surface area contributed by atoms with Crippen molar-refractivity contribution in [2.24, 2.45) is 0 Å². The Morgan fingerprint density at radius 3 is 1.54 bits per heavy atom. The van der Waals surface area contributed by atoms with Crippen LogP contribution in [0.3, 0.4) is 0 Å². The van der Waals surface area contributed by atoms with Gasteiger partial charge in [-0.1, -0.05) is 133 Å². The number of hydrogen-bond acceptors (Lipinski definition) is 1. The molecule has 8 aromatic rings. The van der Waals surface area contributed by atoms with Crippen molar-refractivity contribution >= 4 is 43.5 Å². The fourth-order valence-corrected chi connectivity index (χ4v) is 5.56. The van der Waals surface area contributed by atoms with Crippen LogP contribution in [0, 0.1) is 0 Å². The third-order valence-electron chi connectivity index (χ3n) is 7.13. The van der Waals surface area contributed by atoms with Gasteiger partial charge in [0.15, 0.2) is 0 Å². The maximum atomic E-state index is 9.40. The zero-order valence-electron chi connectivity index (χ0n) is 31.4. The second-order valence-electron chi connectivity index (χ2n) is 9.22. The minimum atomic E-state index is -0.506. The zero-order chi connectivity index (χ0) is 35.3. The fraction of sp³-hybridized carbons (Fsp3) is 0. The molecule has 0 spiro atoms. The molecule has 0 fully saturated rings. The molecule has 0 bridgehead atoms. The molecule has 0 aliphatic carbocycles. The first-order valence-electron chi connectivity index (χ1n) is 18.0. The van der Waals surface area contributed by atoms with E-state index in [4.69, 9.17) is 18.1 Å². The van der Waals surface area contributed by atoms with Crippen molar-refractivity contribution in [1.82, 2.24) is 0 Å². The van der Waals surface area contributed by atoms with E-state index < -0.39 is 24.2 Å². The van der Waals surface area contributed by atoms with Crippen LogP contribution in [0.15, 0.2) is 150 Å². The van der Waals surface area contributed by atoms with Crippen molar-refractivity contribution < 1.29 is 19.5 Å². The molecular formula is C38H24O. The van der Waals surface area contributed by atoms with Crippen molar-refractivity contribution in [1.29, 1.82) is 0 Å². The first kappa shape index (κ1) is 13.6. The first-order valence-corrected chi connectivity index (χ1v) is 12.5. The van der Waals surface area contributed by atoms with Gasteiger partial charge >= 0.3 is 0 Å². The molecule has 0 N–H and O–H groups in total. The summed E-state index contributed by atoms with van der Waals surface area (Å²) in [6, 6.07) is 19.0. The first-order chi connectivity index (χ1) is 24.0. The average molecular weight is 508 g/mol. The van der Waals surface area contributed by atoms with Gasteiger partial charge in [-0.05, 0) is 67.0 Å². The summed E-state index contributed by atoms with van der Waals surface area (Å²) >= 11 is 0. The van der Waals surface area contributed by atoms with Crippen molar-refractivity contribution in [3.05, 3.63) is 145 Å². The maximum Gasteiger partial charge on any atom is 0.136 e. The van der Waals surface area contributed by atoms with Crippen LogP contribution in [0.2, 0.25) is 0 Å². The van der Waals surface area contributed by atoms with Gasteiger partial charge in [-0.15, -0.1) is 0 Å². The van der Waals surface area contributed by atoms with Crippen molar-refractivity contribution in [2.45, 2.75) is 0 Å². The van der Waals surface area contributed by atoms with Crippen LogP contribution in [-0.4, -0.2) is 0 Å². The lowest BCUT2D eigenvalue weighted by Crippen LogP contribution is -1.91. The van der Waals surface area contributed by atoms with E-state index in [9.17, 15) is 1.37 Å². The smallest absolute Gasteiger partial charge is 0.136 e. The van der Waals surface area contributed by atoms with Crippen LogP contribution in [0.1, 0.15) is 15.1 Å². The molecule has 0 amide bonds. The van der Waals surface area contributed by atoms with Crippen molar-refractivity contribution in [3.63, 3.8) is 0 Å². The Labute approximate surface area is 242 Å². The Morgan fingerprint density at radius 2 is 0.923 bits per heavy atom. The highest BCUT2D eigenvalue weighted by Crippen LogP contribution is 2.48. The van der Waals surface area contributed by atoms with E-state index in [-0.39, 0.29) is 75.4 Å². The van der Waals surface area contributed by atoms with Crippen molar-refractivity contribution in [2.75, 3.05) is 0 Å². The van der Waals surface area contributed by atoms with E-state index >= 15 is 0 Å². The summed E-state index contributed by atoms with van der Waals surface area (Å²) in [4.78, 5) is 0. The third kappa shape index (κ3) is 3.34. The Balaban J connectivity index is 1.66. The topological polar surface area (TPSA) is 13.1 Å². The van der Waals surface area contributed by atoms with Gasteiger partial charge in [0, 0.05) is 10.8 Å². The lowest BCUT2D eigenvalue weighted by Gasteiger charge is -2.18. The SMILES string of the molecule is [2H]c1c([2H])c([2H])c(-c2c3ccccc3c(-c3c([2H])c([2H])c([2H])c4oc5c([2H])c([2H])c([2H])c(-c6ccccc6)c5c34)c3ccccc23)c([2H])c1[2H]. The monoisotopic (exact) mass is 507 g/mol. The van der Waals surface area contributed by atoms with Crippen molar-refractivity contribution in [3.8, 4) is 33.4 Å². The second kappa shape index (κ2) is 8.72. The third-order valence-corrected chi connectivity index (χ3v) is 7.13. The molecule has 0 aliphatic rings. The number of hydrogen-bond donors (Lipinski definition) is 0. The number of fused-ring (bicyclic) bond motifs is 5. The van der Waals surface area contributed by atoms with E-state index in [1.54, 1.807) is 72.8 Å². The van der Waals surface area contributed by atoms with E-state index in [1.807, 2.05) is 6.07 Å². The van der Waals surface area contributed by atoms with Crippen LogP contribution in [0.25, 0.3) is 76.9 Å². The molecular weight excluding hydrogens is 472 g/mol. The fourth-order valence-electron chi connectivity index (χ4n) is 5.56. The minimum Gasteiger partial charge on any atom is -0.456 e. The number of rotatable bonds is 3. The standard InChI is InChI=1S/C38H24O/c1-3-13-25(14-4-1)27-21-11-23-33-37(27)38-32(22-12-24-34(38)39-33)36-30-19-9-7-17-28(30)35(26-15-5-2-6-16-26)29-18-8-10-20-31(29)36/h1-24H/i2D,5D,6D,11D,12D,15D,16D,21D,22D,23D,24D. The Bertz CT molecular complexity index is 2680. The number of benzene rings is 7. The van der Waals surface area contributed by atoms with Crippen LogP contribution in [0.4, 0.5) is 0 Å². The Hall–Kier alpha value is -5.14. The number of furan rings is 1. The lowest BCUT2D eigenvalue weighted by atomic mass is 9.84. The second-order valence-corrected chi connectivity index (χ2v) is 9.22. The van der Waals surface area contributed by atoms with Crippen LogP contribution < -0.4 is 0 Å². The van der Waals surface area contributed by atoms with Crippen LogP contribution >= 0.6 is 0 Å². The van der Waals surface area contributed by atoms with Crippen LogP contribution in [0.5, 0.6) is 0 Å². The Kier molecular flexibility index (Phi) is 3.04. The van der Waals surface area contributed by atoms with Gasteiger partial charge in [0.1, 0.15) is 11.2 Å². The maximum absolute atomic E-state index is 9.40. The van der Waals surface area contributed by atoms with Gasteiger partial charge in [-0.2, -0.15) is 0 Å². The molecule has 1 aromatic heterocycles. The van der Waals surface area contributed by atoms with Gasteiger partial charge in [0.05, 0.1) is 15.1 Å². The van der Waals surface area contributed by atoms with E-state index in [0.29, 0.717) is 43.8 Å². The molecule has 0 saturated carbocycles. The van der Waals surface area contributed by atoms with Gasteiger partial charge < -0.3 is 4.42 Å². The molecule has 8 rings (SSSR count). The summed E-state index contributed by atoms with van der Waals surface area (Å²) in [5.41, 5.74) is 1.89. The summed E-state index contributed by atoms with van der Waals surface area (Å²) in [6.45, 7) is 0. The molecule has 7 aromatic carbocycles. The van der Waals surface area contributed by atoms with E-state index in [0.717, 1.165) is 0 Å². The minimum absolute atomic E-state index is 0.0228. The van der Waals surface area contributed by atoms with Gasteiger partial charge in [0.25, 0.3) is 0 Å². The lowest BCUT2D eigenvalue weighted by molar-refractivity contribution is 0.669. The molecule has 0 atom stereocenters. The molecule has 1 heterocycles. The molecule has 0 unspecified atom stereocenters.